The number of benzene rings is 2. The normalized spacial score (nSPS) is 10.5. The second-order valence-corrected chi connectivity index (χ2v) is 5.63. The first kappa shape index (κ1) is 15.6. The molecule has 0 aliphatic heterocycles. The van der Waals surface area contributed by atoms with Crippen LogP contribution in [0.4, 0.5) is 11.4 Å². The molecule has 0 saturated heterocycles. The van der Waals surface area contributed by atoms with Crippen molar-refractivity contribution in [3.63, 3.8) is 0 Å². The Kier molecular flexibility index (Phi) is 4.70. The van der Waals surface area contributed by atoms with E-state index in [-0.39, 0.29) is 10.6 Å². The summed E-state index contributed by atoms with van der Waals surface area (Å²) in [5.41, 5.74) is 3.44. The molecule has 2 rings (SSSR count). The fraction of sp³-hybridized carbons (Fsp3) is 0.200. The Morgan fingerprint density at radius 3 is 2.43 bits per heavy atom. The Bertz CT molecular complexity index is 702. The molecule has 0 aromatic heterocycles. The minimum absolute atomic E-state index is 0.132. The van der Waals surface area contributed by atoms with Crippen molar-refractivity contribution in [2.75, 3.05) is 5.32 Å². The van der Waals surface area contributed by atoms with Crippen molar-refractivity contribution in [3.05, 3.63) is 67.2 Å². The number of nitrogens with one attached hydrogen (secondary N) is 1. The highest BCUT2D eigenvalue weighted by Crippen LogP contribution is 2.27. The van der Waals surface area contributed by atoms with Crippen molar-refractivity contribution in [2.24, 2.45) is 0 Å². The number of aryl methyl sites for hydroxylation is 2. The third-order valence-corrected chi connectivity index (χ3v) is 3.95. The number of nitrogens with zero attached hydrogens (tertiary/aromatic N) is 1. The van der Waals surface area contributed by atoms with E-state index < -0.39 is 0 Å². The number of halogens is 2. The molecule has 0 aliphatic carbocycles. The lowest BCUT2D eigenvalue weighted by atomic mass is 10.1. The van der Waals surface area contributed by atoms with E-state index in [4.69, 9.17) is 23.2 Å². The predicted molar refractivity (Wildman–Crippen MR) is 86.4 cm³/mol. The molecule has 6 heteroatoms. The van der Waals surface area contributed by atoms with Gasteiger partial charge in [-0.3, -0.25) is 10.1 Å². The molecule has 0 aliphatic rings. The number of nitro benzene ring substituents is 1. The molecule has 0 unspecified atom stereocenters. The highest BCUT2D eigenvalue weighted by atomic mass is 35.5. The summed E-state index contributed by atoms with van der Waals surface area (Å²) >= 11 is 11.8. The SMILES string of the molecule is Cc1cc([N+](=O)[O-])c(C)cc1NCc1ccc(Cl)c(Cl)c1. The van der Waals surface area contributed by atoms with Crippen molar-refractivity contribution >= 4 is 34.6 Å². The van der Waals surface area contributed by atoms with Crippen LogP contribution in [0.25, 0.3) is 0 Å². The van der Waals surface area contributed by atoms with E-state index in [0.29, 0.717) is 22.2 Å². The smallest absolute Gasteiger partial charge is 0.272 e. The molecule has 0 radical (unpaired) electrons. The van der Waals surface area contributed by atoms with Gasteiger partial charge in [-0.1, -0.05) is 29.3 Å². The molecular weight excluding hydrogens is 311 g/mol. The quantitative estimate of drug-likeness (QED) is 0.626. The number of nitro groups is 1. The molecule has 0 fully saturated rings. The molecule has 110 valence electrons. The van der Waals surface area contributed by atoms with Crippen molar-refractivity contribution in [2.45, 2.75) is 20.4 Å². The van der Waals surface area contributed by atoms with Crippen molar-refractivity contribution in [3.8, 4) is 0 Å². The summed E-state index contributed by atoms with van der Waals surface area (Å²) in [6.07, 6.45) is 0. The number of hydrogen-bond acceptors (Lipinski definition) is 3. The lowest BCUT2D eigenvalue weighted by Crippen LogP contribution is -2.03. The topological polar surface area (TPSA) is 55.2 Å². The molecule has 0 heterocycles. The maximum Gasteiger partial charge on any atom is 0.272 e. The van der Waals surface area contributed by atoms with E-state index >= 15 is 0 Å². The van der Waals surface area contributed by atoms with Crippen LogP contribution in [0.1, 0.15) is 16.7 Å². The highest BCUT2D eigenvalue weighted by molar-refractivity contribution is 6.42. The van der Waals surface area contributed by atoms with Gasteiger partial charge in [-0.2, -0.15) is 0 Å². The Labute approximate surface area is 132 Å². The van der Waals surface area contributed by atoms with Gasteiger partial charge in [-0.05, 0) is 43.2 Å². The first-order valence-corrected chi connectivity index (χ1v) is 7.07. The second-order valence-electron chi connectivity index (χ2n) is 4.81. The fourth-order valence-corrected chi connectivity index (χ4v) is 2.36. The summed E-state index contributed by atoms with van der Waals surface area (Å²) in [6, 6.07) is 8.78. The maximum absolute atomic E-state index is 10.9. The first-order valence-electron chi connectivity index (χ1n) is 6.32. The Hall–Kier alpha value is -1.78. The van der Waals surface area contributed by atoms with Crippen LogP contribution in [0.5, 0.6) is 0 Å². The van der Waals surface area contributed by atoms with Gasteiger partial charge in [0.25, 0.3) is 5.69 Å². The van der Waals surface area contributed by atoms with Gasteiger partial charge in [0.1, 0.15) is 0 Å². The number of anilines is 1. The van der Waals surface area contributed by atoms with Crippen LogP contribution in [0.3, 0.4) is 0 Å². The summed E-state index contributed by atoms with van der Waals surface area (Å²) in [6.45, 7) is 4.13. The van der Waals surface area contributed by atoms with Crippen LogP contribution in [0, 0.1) is 24.0 Å². The lowest BCUT2D eigenvalue weighted by molar-refractivity contribution is -0.385. The molecular formula is C15H14Cl2N2O2. The standard InChI is InChI=1S/C15H14Cl2N2O2/c1-9-6-15(19(20)21)10(2)5-14(9)18-8-11-3-4-12(16)13(17)7-11/h3-7,18H,8H2,1-2H3. The summed E-state index contributed by atoms with van der Waals surface area (Å²) in [5, 5.41) is 15.2. The number of rotatable bonds is 4. The average Bonchev–Trinajstić information content (AvgIpc) is 2.42. The van der Waals surface area contributed by atoms with Gasteiger partial charge in [0.2, 0.25) is 0 Å². The molecule has 0 bridgehead atoms. The summed E-state index contributed by atoms with van der Waals surface area (Å²) in [4.78, 5) is 10.5. The van der Waals surface area contributed by atoms with Gasteiger partial charge in [0.15, 0.2) is 0 Å². The van der Waals surface area contributed by atoms with E-state index in [1.807, 2.05) is 13.0 Å². The van der Waals surface area contributed by atoms with Crippen LogP contribution in [0.15, 0.2) is 30.3 Å². The van der Waals surface area contributed by atoms with E-state index in [2.05, 4.69) is 5.32 Å². The third-order valence-electron chi connectivity index (χ3n) is 3.21. The molecule has 0 spiro atoms. The first-order chi connectivity index (χ1) is 9.88. The van der Waals surface area contributed by atoms with Crippen LogP contribution in [-0.2, 0) is 6.54 Å². The lowest BCUT2D eigenvalue weighted by Gasteiger charge is -2.11. The van der Waals surface area contributed by atoms with Crippen molar-refractivity contribution < 1.29 is 4.92 Å². The van der Waals surface area contributed by atoms with Gasteiger partial charge in [-0.25, -0.2) is 0 Å². The van der Waals surface area contributed by atoms with Crippen LogP contribution >= 0.6 is 23.2 Å². The molecule has 21 heavy (non-hydrogen) atoms. The van der Waals surface area contributed by atoms with Crippen LogP contribution in [-0.4, -0.2) is 4.92 Å². The zero-order valence-electron chi connectivity index (χ0n) is 11.6. The summed E-state index contributed by atoms with van der Waals surface area (Å²) in [5.74, 6) is 0. The second kappa shape index (κ2) is 6.33. The van der Waals surface area contributed by atoms with E-state index in [9.17, 15) is 10.1 Å². The van der Waals surface area contributed by atoms with Gasteiger partial charge in [0.05, 0.1) is 15.0 Å². The zero-order valence-corrected chi connectivity index (χ0v) is 13.1. The molecule has 2 aromatic rings. The molecule has 1 N–H and O–H groups in total. The molecule has 2 aromatic carbocycles. The van der Waals surface area contributed by atoms with Crippen LogP contribution < -0.4 is 5.32 Å². The van der Waals surface area contributed by atoms with Crippen molar-refractivity contribution in [1.29, 1.82) is 0 Å². The van der Waals surface area contributed by atoms with Crippen LogP contribution in [0.2, 0.25) is 10.0 Å². The molecule has 0 atom stereocenters. The van der Waals surface area contributed by atoms with E-state index in [0.717, 1.165) is 16.8 Å². The minimum atomic E-state index is -0.370. The third kappa shape index (κ3) is 3.65. The zero-order chi connectivity index (χ0) is 15.6. The van der Waals surface area contributed by atoms with Crippen molar-refractivity contribution in [1.82, 2.24) is 0 Å². The highest BCUT2D eigenvalue weighted by Gasteiger charge is 2.13. The maximum atomic E-state index is 10.9. The molecule has 0 amide bonds. The Morgan fingerprint density at radius 2 is 1.81 bits per heavy atom. The molecule has 0 saturated carbocycles. The largest absolute Gasteiger partial charge is 0.381 e. The van der Waals surface area contributed by atoms with E-state index in [1.54, 1.807) is 31.2 Å². The fourth-order valence-electron chi connectivity index (χ4n) is 2.03. The minimum Gasteiger partial charge on any atom is -0.381 e. The van der Waals surface area contributed by atoms with E-state index in [1.165, 1.54) is 0 Å². The molecule has 4 nitrogen and oxygen atoms in total. The summed E-state index contributed by atoms with van der Waals surface area (Å²) in [7, 11) is 0. The average molecular weight is 325 g/mol. The predicted octanol–water partition coefficient (Wildman–Crippen LogP) is 5.13. The van der Waals surface area contributed by atoms with Gasteiger partial charge < -0.3 is 5.32 Å². The Balaban J connectivity index is 2.18. The number of hydrogen-bond donors (Lipinski definition) is 1. The van der Waals surface area contributed by atoms with Gasteiger partial charge in [-0.15, -0.1) is 0 Å². The monoisotopic (exact) mass is 324 g/mol. The van der Waals surface area contributed by atoms with Gasteiger partial charge >= 0.3 is 0 Å². The van der Waals surface area contributed by atoms with Gasteiger partial charge in [0, 0.05) is 23.9 Å². The Morgan fingerprint density at radius 1 is 1.10 bits per heavy atom. The summed E-state index contributed by atoms with van der Waals surface area (Å²) < 4.78 is 0.